The third-order valence-corrected chi connectivity index (χ3v) is 4.49. The molecule has 0 fully saturated rings. The van der Waals surface area contributed by atoms with E-state index in [0.29, 0.717) is 22.8 Å². The van der Waals surface area contributed by atoms with E-state index in [4.69, 9.17) is 19.8 Å². The van der Waals surface area contributed by atoms with Gasteiger partial charge in [0.15, 0.2) is 5.82 Å². The Morgan fingerprint density at radius 1 is 1.12 bits per heavy atom. The van der Waals surface area contributed by atoms with Crippen LogP contribution >= 0.6 is 0 Å². The summed E-state index contributed by atoms with van der Waals surface area (Å²) in [6.07, 6.45) is -3.72. The summed E-state index contributed by atoms with van der Waals surface area (Å²) in [5, 5.41) is 15.2. The summed E-state index contributed by atoms with van der Waals surface area (Å²) in [5.74, 6) is -1.43. The molecule has 3 aromatic rings. The molecule has 1 heterocycles. The number of alkyl halides is 3. The van der Waals surface area contributed by atoms with Crippen molar-refractivity contribution in [1.82, 2.24) is 15.0 Å². The number of carbonyl (C=O) groups is 1. The van der Waals surface area contributed by atoms with E-state index in [1.165, 1.54) is 18.5 Å². The van der Waals surface area contributed by atoms with Crippen molar-refractivity contribution in [3.8, 4) is 17.1 Å². The smallest absolute Gasteiger partial charge is 0.490 e. The number of carboxylic acids is 1. The third kappa shape index (κ3) is 6.88. The van der Waals surface area contributed by atoms with Crippen LogP contribution in [0.3, 0.4) is 0 Å². The SMILES string of the molecule is COc1ccccc1-c1ncnc(Nc2cccc(S(N)(=O)=O)c2)n1.O=C(O)C(F)(F)F. The quantitative estimate of drug-likeness (QED) is 0.509. The molecule has 0 bridgehead atoms. The van der Waals surface area contributed by atoms with Crippen LogP contribution in [0.25, 0.3) is 11.4 Å². The number of carboxylic acid groups (broad SMARTS) is 1. The van der Waals surface area contributed by atoms with Crippen LogP contribution in [0.4, 0.5) is 24.8 Å². The van der Waals surface area contributed by atoms with Crippen molar-refractivity contribution in [2.75, 3.05) is 12.4 Å². The Balaban J connectivity index is 0.000000451. The summed E-state index contributed by atoms with van der Waals surface area (Å²) in [7, 11) is -2.22. The summed E-state index contributed by atoms with van der Waals surface area (Å²) in [4.78, 5) is 21.4. The number of primary sulfonamides is 1. The molecule has 14 heteroatoms. The largest absolute Gasteiger partial charge is 0.496 e. The lowest BCUT2D eigenvalue weighted by atomic mass is 10.2. The maximum Gasteiger partial charge on any atom is 0.490 e. The number of nitrogens with zero attached hydrogens (tertiary/aromatic N) is 3. The summed E-state index contributed by atoms with van der Waals surface area (Å²) < 4.78 is 59.9. The minimum atomic E-state index is -5.08. The molecule has 0 aliphatic heterocycles. The number of aliphatic carboxylic acids is 1. The van der Waals surface area contributed by atoms with Crippen LogP contribution in [0.1, 0.15) is 0 Å². The van der Waals surface area contributed by atoms with Gasteiger partial charge in [0.1, 0.15) is 12.1 Å². The molecular weight excluding hydrogens is 455 g/mol. The van der Waals surface area contributed by atoms with Gasteiger partial charge in [0.05, 0.1) is 17.6 Å². The van der Waals surface area contributed by atoms with Crippen LogP contribution in [0, 0.1) is 0 Å². The average molecular weight is 471 g/mol. The predicted molar refractivity (Wildman–Crippen MR) is 107 cm³/mol. The highest BCUT2D eigenvalue weighted by atomic mass is 32.2. The van der Waals surface area contributed by atoms with Crippen LogP contribution in [0.2, 0.25) is 0 Å². The number of nitrogens with one attached hydrogen (secondary N) is 1. The van der Waals surface area contributed by atoms with Crippen LogP contribution in [-0.2, 0) is 14.8 Å². The molecule has 10 nitrogen and oxygen atoms in total. The van der Waals surface area contributed by atoms with E-state index in [1.807, 2.05) is 24.3 Å². The van der Waals surface area contributed by atoms with E-state index in [9.17, 15) is 21.6 Å². The number of nitrogens with two attached hydrogens (primary N) is 1. The molecule has 0 saturated heterocycles. The predicted octanol–water partition coefficient (Wildman–Crippen LogP) is 2.57. The van der Waals surface area contributed by atoms with E-state index in [1.54, 1.807) is 19.2 Å². The topological polar surface area (TPSA) is 157 Å². The number of rotatable bonds is 5. The van der Waals surface area contributed by atoms with Gasteiger partial charge >= 0.3 is 12.1 Å². The highest BCUT2D eigenvalue weighted by Gasteiger charge is 2.38. The molecule has 0 aliphatic rings. The molecule has 1 aromatic heterocycles. The Labute approximate surface area is 180 Å². The minimum Gasteiger partial charge on any atom is -0.496 e. The molecule has 4 N–H and O–H groups in total. The van der Waals surface area contributed by atoms with E-state index in [0.717, 1.165) is 0 Å². The number of benzene rings is 2. The lowest BCUT2D eigenvalue weighted by molar-refractivity contribution is -0.192. The lowest BCUT2D eigenvalue weighted by Crippen LogP contribution is -2.21. The second-order valence-corrected chi connectivity index (χ2v) is 7.40. The molecule has 0 spiro atoms. The summed E-state index contributed by atoms with van der Waals surface area (Å²) in [5.41, 5.74) is 1.21. The van der Waals surface area contributed by atoms with Crippen molar-refractivity contribution >= 4 is 27.6 Å². The molecule has 0 saturated carbocycles. The summed E-state index contributed by atoms with van der Waals surface area (Å²) in [6, 6.07) is 13.4. The standard InChI is InChI=1S/C16H15N5O3S.C2HF3O2/c1-24-14-8-3-2-7-13(14)15-18-10-19-16(21-15)20-11-5-4-6-12(9-11)25(17,22)23;3-2(4,5)1(6)7/h2-10H,1H3,(H2,17,22,23)(H,18,19,20,21);(H,6,7). The van der Waals surface area contributed by atoms with Gasteiger partial charge in [-0.1, -0.05) is 18.2 Å². The van der Waals surface area contributed by atoms with Crippen molar-refractivity contribution in [3.63, 3.8) is 0 Å². The van der Waals surface area contributed by atoms with Gasteiger partial charge in [-0.25, -0.2) is 28.3 Å². The lowest BCUT2D eigenvalue weighted by Gasteiger charge is -2.09. The van der Waals surface area contributed by atoms with Crippen molar-refractivity contribution in [2.24, 2.45) is 5.14 Å². The van der Waals surface area contributed by atoms with Gasteiger partial charge < -0.3 is 15.2 Å². The molecule has 0 unspecified atom stereocenters. The van der Waals surface area contributed by atoms with Gasteiger partial charge in [0.25, 0.3) is 0 Å². The second-order valence-electron chi connectivity index (χ2n) is 5.83. The fraction of sp³-hybridized carbons (Fsp3) is 0.111. The van der Waals surface area contributed by atoms with Crippen molar-refractivity contribution < 1.29 is 36.2 Å². The van der Waals surface area contributed by atoms with Crippen molar-refractivity contribution in [1.29, 1.82) is 0 Å². The number of hydrogen-bond acceptors (Lipinski definition) is 8. The maximum absolute atomic E-state index is 11.4. The van der Waals surface area contributed by atoms with E-state index >= 15 is 0 Å². The first kappa shape index (κ1) is 24.5. The maximum atomic E-state index is 11.4. The van der Waals surface area contributed by atoms with Gasteiger partial charge in [0.2, 0.25) is 16.0 Å². The number of aromatic nitrogens is 3. The highest BCUT2D eigenvalue weighted by molar-refractivity contribution is 7.89. The van der Waals surface area contributed by atoms with E-state index in [2.05, 4.69) is 20.3 Å². The third-order valence-electron chi connectivity index (χ3n) is 3.58. The monoisotopic (exact) mass is 471 g/mol. The first-order valence-electron chi connectivity index (χ1n) is 8.44. The Morgan fingerprint density at radius 2 is 1.78 bits per heavy atom. The van der Waals surface area contributed by atoms with Gasteiger partial charge in [-0.2, -0.15) is 18.2 Å². The van der Waals surface area contributed by atoms with Crippen LogP contribution in [0.5, 0.6) is 5.75 Å². The van der Waals surface area contributed by atoms with Crippen LogP contribution < -0.4 is 15.2 Å². The Morgan fingerprint density at radius 3 is 2.38 bits per heavy atom. The van der Waals surface area contributed by atoms with Crippen molar-refractivity contribution in [2.45, 2.75) is 11.1 Å². The minimum absolute atomic E-state index is 0.00323. The first-order valence-corrected chi connectivity index (χ1v) is 9.99. The highest BCUT2D eigenvalue weighted by Crippen LogP contribution is 2.27. The van der Waals surface area contributed by atoms with Crippen LogP contribution in [-0.4, -0.2) is 47.7 Å². The average Bonchev–Trinajstić information content (AvgIpc) is 2.73. The van der Waals surface area contributed by atoms with Gasteiger partial charge in [-0.15, -0.1) is 0 Å². The molecule has 2 aromatic carbocycles. The molecule has 3 rings (SSSR count). The molecule has 0 aliphatic carbocycles. The fourth-order valence-corrected chi connectivity index (χ4v) is 2.76. The van der Waals surface area contributed by atoms with Crippen LogP contribution in [0.15, 0.2) is 59.8 Å². The fourth-order valence-electron chi connectivity index (χ4n) is 2.20. The Bertz CT molecular complexity index is 1210. The van der Waals surface area contributed by atoms with Gasteiger partial charge in [-0.3, -0.25) is 0 Å². The number of hydrogen-bond donors (Lipinski definition) is 3. The number of sulfonamides is 1. The van der Waals surface area contributed by atoms with Crippen molar-refractivity contribution in [3.05, 3.63) is 54.9 Å². The summed E-state index contributed by atoms with van der Waals surface area (Å²) >= 11 is 0. The number of para-hydroxylation sites is 1. The number of ether oxygens (including phenoxy) is 1. The Hall–Kier alpha value is -3.78. The zero-order valence-corrected chi connectivity index (χ0v) is 17.1. The normalized spacial score (nSPS) is 11.2. The molecule has 0 amide bonds. The molecule has 32 heavy (non-hydrogen) atoms. The molecule has 0 atom stereocenters. The zero-order chi connectivity index (χ0) is 23.9. The molecule has 170 valence electrons. The first-order chi connectivity index (χ1) is 14.9. The number of methoxy groups -OCH3 is 1. The van der Waals surface area contributed by atoms with Gasteiger partial charge in [-0.05, 0) is 30.3 Å². The number of anilines is 2. The Kier molecular flexibility index (Phi) is 7.67. The molecule has 0 radical (unpaired) electrons. The van der Waals surface area contributed by atoms with E-state index in [-0.39, 0.29) is 10.8 Å². The zero-order valence-electron chi connectivity index (χ0n) is 16.2. The van der Waals surface area contributed by atoms with Gasteiger partial charge in [0, 0.05) is 5.69 Å². The number of halogens is 3. The second kappa shape index (κ2) is 10.0. The van der Waals surface area contributed by atoms with E-state index < -0.39 is 22.2 Å². The summed E-state index contributed by atoms with van der Waals surface area (Å²) in [6.45, 7) is 0. The molecular formula is C18H16F3N5O5S.